The molecule has 0 saturated heterocycles. The van der Waals surface area contributed by atoms with Crippen molar-refractivity contribution in [3.63, 3.8) is 0 Å². The molecule has 32 heavy (non-hydrogen) atoms. The third-order valence-corrected chi connectivity index (χ3v) is 10.4. The summed E-state index contributed by atoms with van der Waals surface area (Å²) in [6, 6.07) is 0. The summed E-state index contributed by atoms with van der Waals surface area (Å²) < 4.78 is 0. The van der Waals surface area contributed by atoms with Crippen LogP contribution in [-0.2, 0) is 4.79 Å². The Morgan fingerprint density at radius 1 is 1.12 bits per heavy atom. The Kier molecular flexibility index (Phi) is 6.70. The average molecular weight is 449 g/mol. The third kappa shape index (κ3) is 3.81. The van der Waals surface area contributed by atoms with Gasteiger partial charge in [-0.2, -0.15) is 0 Å². The lowest BCUT2D eigenvalue weighted by molar-refractivity contribution is -0.142. The molecule has 3 fully saturated rings. The topological polar surface area (TPSA) is 98.0 Å². The van der Waals surface area contributed by atoms with Crippen LogP contribution in [-0.4, -0.2) is 51.1 Å². The molecule has 182 valence electrons. The Balaban J connectivity index is 1.58. The largest absolute Gasteiger partial charge is 0.396 e. The number of aliphatic hydroxyl groups excluding tert-OH is 4. The molecule has 0 bridgehead atoms. The first-order valence-corrected chi connectivity index (χ1v) is 12.9. The predicted octanol–water partition coefficient (Wildman–Crippen LogP) is 3.48. The zero-order chi connectivity index (χ0) is 23.4. The fraction of sp³-hybridized carbons (Fsp3) is 0.889. The van der Waals surface area contributed by atoms with Crippen LogP contribution in [0.15, 0.2) is 11.6 Å². The van der Waals surface area contributed by atoms with Gasteiger partial charge in [0.05, 0.1) is 18.3 Å². The zero-order valence-corrected chi connectivity index (χ0v) is 20.3. The van der Waals surface area contributed by atoms with E-state index < -0.39 is 18.3 Å². The lowest BCUT2D eigenvalue weighted by Crippen LogP contribution is -2.57. The normalized spacial score (nSPS) is 46.5. The number of aliphatic hydroxyl groups is 4. The van der Waals surface area contributed by atoms with Crippen molar-refractivity contribution in [1.82, 2.24) is 0 Å². The number of allylic oxidation sites excluding steroid dienone is 1. The summed E-state index contributed by atoms with van der Waals surface area (Å²) >= 11 is 0. The molecule has 0 unspecified atom stereocenters. The molecular formula is C27H44O5. The minimum Gasteiger partial charge on any atom is -0.396 e. The summed E-state index contributed by atoms with van der Waals surface area (Å²) in [5, 5.41) is 43.1. The van der Waals surface area contributed by atoms with Gasteiger partial charge in [0, 0.05) is 13.0 Å². The number of rotatable bonds is 6. The number of ketones is 1. The standard InChI is InChI=1S/C27H44O5/c1-15(14-28)5-8-21(30)16(2)24-22(31)12-20-19-7-6-17-11-18(29)9-10-26(17,3)25(19)23(32)13-27(20,24)4/h11,15-16,19-25,28,30-32H,5-10,12-14H2,1-4H3/t15-,16+,19-,20-,21+,22-,23+,24-,25+,26-,27-/m0/s1. The molecule has 0 amide bonds. The van der Waals surface area contributed by atoms with Crippen molar-refractivity contribution in [3.8, 4) is 0 Å². The second-order valence-electron chi connectivity index (χ2n) is 12.3. The van der Waals surface area contributed by atoms with Gasteiger partial charge in [-0.1, -0.05) is 33.3 Å². The lowest BCUT2D eigenvalue weighted by atomic mass is 9.45. The van der Waals surface area contributed by atoms with Gasteiger partial charge in [0.2, 0.25) is 0 Å². The highest BCUT2D eigenvalue weighted by molar-refractivity contribution is 5.91. The minimum absolute atomic E-state index is 0.0415. The molecule has 0 aromatic rings. The maximum absolute atomic E-state index is 12.1. The van der Waals surface area contributed by atoms with E-state index in [2.05, 4.69) is 20.8 Å². The van der Waals surface area contributed by atoms with Gasteiger partial charge in [-0.05, 0) is 97.4 Å². The van der Waals surface area contributed by atoms with Gasteiger partial charge < -0.3 is 20.4 Å². The van der Waals surface area contributed by atoms with Crippen molar-refractivity contribution in [2.24, 2.45) is 46.3 Å². The van der Waals surface area contributed by atoms with E-state index in [0.29, 0.717) is 31.1 Å². The predicted molar refractivity (Wildman–Crippen MR) is 124 cm³/mol. The molecule has 5 nitrogen and oxygen atoms in total. The van der Waals surface area contributed by atoms with Gasteiger partial charge in [0.15, 0.2) is 5.78 Å². The molecule has 4 N–H and O–H groups in total. The molecule has 11 atom stereocenters. The smallest absolute Gasteiger partial charge is 0.155 e. The van der Waals surface area contributed by atoms with E-state index in [-0.39, 0.29) is 46.9 Å². The third-order valence-electron chi connectivity index (χ3n) is 10.4. The maximum Gasteiger partial charge on any atom is 0.155 e. The van der Waals surface area contributed by atoms with E-state index >= 15 is 0 Å². The van der Waals surface area contributed by atoms with Gasteiger partial charge in [-0.3, -0.25) is 4.79 Å². The number of hydrogen-bond acceptors (Lipinski definition) is 5. The summed E-state index contributed by atoms with van der Waals surface area (Å²) in [4.78, 5) is 12.1. The molecule has 0 aromatic carbocycles. The van der Waals surface area contributed by atoms with Crippen LogP contribution in [0, 0.1) is 46.3 Å². The molecule has 0 aromatic heterocycles. The fourth-order valence-corrected chi connectivity index (χ4v) is 8.74. The second kappa shape index (κ2) is 8.79. The molecule has 0 radical (unpaired) electrons. The van der Waals surface area contributed by atoms with Crippen molar-refractivity contribution in [3.05, 3.63) is 11.6 Å². The van der Waals surface area contributed by atoms with Gasteiger partial charge in [-0.25, -0.2) is 0 Å². The highest BCUT2D eigenvalue weighted by Gasteiger charge is 2.64. The Labute approximate surface area is 193 Å². The number of hydrogen-bond donors (Lipinski definition) is 4. The Hall–Kier alpha value is -0.750. The first-order chi connectivity index (χ1) is 15.0. The van der Waals surface area contributed by atoms with Crippen LogP contribution in [0.1, 0.15) is 79.1 Å². The van der Waals surface area contributed by atoms with Crippen LogP contribution < -0.4 is 0 Å². The van der Waals surface area contributed by atoms with E-state index in [1.807, 2.05) is 13.0 Å². The fourth-order valence-electron chi connectivity index (χ4n) is 8.74. The molecule has 0 heterocycles. The van der Waals surface area contributed by atoms with Crippen LogP contribution in [0.3, 0.4) is 0 Å². The van der Waals surface area contributed by atoms with Crippen LogP contribution in [0.5, 0.6) is 0 Å². The molecule has 4 aliphatic carbocycles. The van der Waals surface area contributed by atoms with Gasteiger partial charge in [0.1, 0.15) is 0 Å². The monoisotopic (exact) mass is 448 g/mol. The van der Waals surface area contributed by atoms with E-state index in [1.54, 1.807) is 0 Å². The summed E-state index contributed by atoms with van der Waals surface area (Å²) in [5.41, 5.74) is 0.909. The van der Waals surface area contributed by atoms with Crippen molar-refractivity contribution < 1.29 is 25.2 Å². The van der Waals surface area contributed by atoms with Crippen LogP contribution >= 0.6 is 0 Å². The number of carbonyl (C=O) groups is 1. The minimum atomic E-state index is -0.517. The van der Waals surface area contributed by atoms with Crippen molar-refractivity contribution in [2.75, 3.05) is 6.61 Å². The zero-order valence-electron chi connectivity index (χ0n) is 20.3. The molecule has 4 rings (SSSR count). The molecule has 3 saturated carbocycles. The number of carbonyl (C=O) groups excluding carboxylic acids is 1. The van der Waals surface area contributed by atoms with E-state index in [1.165, 1.54) is 5.57 Å². The summed E-state index contributed by atoms with van der Waals surface area (Å²) in [7, 11) is 0. The Morgan fingerprint density at radius 2 is 1.84 bits per heavy atom. The molecule has 0 spiro atoms. The van der Waals surface area contributed by atoms with Gasteiger partial charge >= 0.3 is 0 Å². The highest BCUT2D eigenvalue weighted by Crippen LogP contribution is 2.67. The van der Waals surface area contributed by atoms with Crippen LogP contribution in [0.2, 0.25) is 0 Å². The molecule has 5 heteroatoms. The van der Waals surface area contributed by atoms with Crippen LogP contribution in [0.25, 0.3) is 0 Å². The van der Waals surface area contributed by atoms with Crippen LogP contribution in [0.4, 0.5) is 0 Å². The van der Waals surface area contributed by atoms with Crippen molar-refractivity contribution in [1.29, 1.82) is 0 Å². The first-order valence-electron chi connectivity index (χ1n) is 12.9. The quantitative estimate of drug-likeness (QED) is 0.499. The van der Waals surface area contributed by atoms with Crippen molar-refractivity contribution >= 4 is 5.78 Å². The maximum atomic E-state index is 12.1. The number of fused-ring (bicyclic) bond motifs is 5. The Bertz CT molecular complexity index is 748. The summed E-state index contributed by atoms with van der Waals surface area (Å²) in [5.74, 6) is 1.11. The summed E-state index contributed by atoms with van der Waals surface area (Å²) in [6.45, 7) is 8.68. The molecule has 0 aliphatic heterocycles. The average Bonchev–Trinajstić information content (AvgIpc) is 3.00. The lowest BCUT2D eigenvalue weighted by Gasteiger charge is -2.60. The van der Waals surface area contributed by atoms with E-state index in [0.717, 1.165) is 32.1 Å². The SMILES string of the molecule is C[C@H](CO)CC[C@@H](O)[C@@H](C)[C@H]1[C@@H](O)C[C@H]2[C@@H]3CCC4=CC(=O)CC[C@]4(C)[C@H]3[C@H](O)C[C@]12C. The molecular weight excluding hydrogens is 404 g/mol. The summed E-state index contributed by atoms with van der Waals surface area (Å²) in [6.07, 6.45) is 6.50. The van der Waals surface area contributed by atoms with Gasteiger partial charge in [-0.15, -0.1) is 0 Å². The highest BCUT2D eigenvalue weighted by atomic mass is 16.3. The second-order valence-corrected chi connectivity index (χ2v) is 12.3. The van der Waals surface area contributed by atoms with E-state index in [9.17, 15) is 25.2 Å². The first kappa shape index (κ1) is 24.4. The van der Waals surface area contributed by atoms with Gasteiger partial charge in [0.25, 0.3) is 0 Å². The van der Waals surface area contributed by atoms with E-state index in [4.69, 9.17) is 0 Å². The Morgan fingerprint density at radius 3 is 2.53 bits per heavy atom. The van der Waals surface area contributed by atoms with Crippen molar-refractivity contribution in [2.45, 2.75) is 97.4 Å². The molecule has 4 aliphatic rings.